The Hall–Kier alpha value is -3.30. The molecule has 0 saturated heterocycles. The number of hydrogen-bond donors (Lipinski definition) is 2. The van der Waals surface area contributed by atoms with E-state index in [4.69, 9.17) is 4.98 Å². The summed E-state index contributed by atoms with van der Waals surface area (Å²) >= 11 is 0. The second kappa shape index (κ2) is 9.29. The lowest BCUT2D eigenvalue weighted by atomic mass is 9.84. The first-order valence-electron chi connectivity index (χ1n) is 12.1. The SMILES string of the molecule is CNS(=O)(=O)c1ccc(CNC(=O)N2CC3(CCCC3)c3nc(-c4ccc(F)cc4C)ccc32)cc1. The highest BCUT2D eigenvalue weighted by molar-refractivity contribution is 7.89. The Morgan fingerprint density at radius 1 is 1.08 bits per heavy atom. The van der Waals surface area contributed by atoms with E-state index in [1.54, 1.807) is 23.1 Å². The minimum atomic E-state index is -3.51. The molecule has 9 heteroatoms. The molecule has 1 fully saturated rings. The lowest BCUT2D eigenvalue weighted by Gasteiger charge is -2.24. The number of aromatic nitrogens is 1. The molecule has 2 aromatic carbocycles. The molecule has 1 aliphatic heterocycles. The quantitative estimate of drug-likeness (QED) is 0.525. The number of pyridine rings is 1. The Balaban J connectivity index is 1.38. The van der Waals surface area contributed by atoms with Crippen LogP contribution in [0.5, 0.6) is 0 Å². The molecule has 2 amide bonds. The maximum Gasteiger partial charge on any atom is 0.322 e. The van der Waals surface area contributed by atoms with Gasteiger partial charge in [-0.15, -0.1) is 0 Å². The number of halogens is 1. The van der Waals surface area contributed by atoms with E-state index in [9.17, 15) is 17.6 Å². The summed E-state index contributed by atoms with van der Waals surface area (Å²) in [4.78, 5) is 20.3. The second-order valence-corrected chi connectivity index (χ2v) is 11.5. The molecule has 0 unspecified atom stereocenters. The molecule has 2 heterocycles. The first-order chi connectivity index (χ1) is 17.2. The molecule has 1 spiro atoms. The van der Waals surface area contributed by atoms with Gasteiger partial charge in [-0.05, 0) is 80.4 Å². The number of amides is 2. The number of nitrogens with zero attached hydrogens (tertiary/aromatic N) is 2. The molecule has 2 aliphatic rings. The number of aryl methyl sites for hydroxylation is 1. The number of rotatable bonds is 5. The van der Waals surface area contributed by atoms with Gasteiger partial charge in [0.2, 0.25) is 10.0 Å². The summed E-state index contributed by atoms with van der Waals surface area (Å²) < 4.78 is 39.8. The Labute approximate surface area is 210 Å². The second-order valence-electron chi connectivity index (χ2n) is 9.61. The van der Waals surface area contributed by atoms with Crippen LogP contribution in [0.15, 0.2) is 59.5 Å². The zero-order chi connectivity index (χ0) is 25.5. The van der Waals surface area contributed by atoms with Crippen LogP contribution < -0.4 is 14.9 Å². The third-order valence-corrected chi connectivity index (χ3v) is 8.77. The van der Waals surface area contributed by atoms with Crippen molar-refractivity contribution in [3.8, 4) is 11.3 Å². The third-order valence-electron chi connectivity index (χ3n) is 7.34. The van der Waals surface area contributed by atoms with Gasteiger partial charge in [-0.2, -0.15) is 0 Å². The van der Waals surface area contributed by atoms with Crippen molar-refractivity contribution in [3.63, 3.8) is 0 Å². The van der Waals surface area contributed by atoms with E-state index < -0.39 is 10.0 Å². The lowest BCUT2D eigenvalue weighted by molar-refractivity contribution is 0.245. The number of hydrogen-bond acceptors (Lipinski definition) is 4. The van der Waals surface area contributed by atoms with Gasteiger partial charge in [0, 0.05) is 24.1 Å². The normalized spacial score (nSPS) is 16.4. The van der Waals surface area contributed by atoms with Crippen molar-refractivity contribution in [3.05, 3.63) is 77.2 Å². The smallest absolute Gasteiger partial charge is 0.322 e. The predicted molar refractivity (Wildman–Crippen MR) is 137 cm³/mol. The zero-order valence-corrected chi connectivity index (χ0v) is 21.2. The van der Waals surface area contributed by atoms with Crippen LogP contribution in [-0.2, 0) is 22.0 Å². The van der Waals surface area contributed by atoms with Crippen molar-refractivity contribution < 1.29 is 17.6 Å². The van der Waals surface area contributed by atoms with Gasteiger partial charge in [-0.3, -0.25) is 4.90 Å². The molecule has 7 nitrogen and oxygen atoms in total. The summed E-state index contributed by atoms with van der Waals surface area (Å²) in [5, 5.41) is 2.97. The fourth-order valence-electron chi connectivity index (χ4n) is 5.39. The van der Waals surface area contributed by atoms with Crippen LogP contribution in [0.3, 0.4) is 0 Å². The molecule has 5 rings (SSSR count). The first-order valence-corrected chi connectivity index (χ1v) is 13.6. The molecule has 0 atom stereocenters. The molecular weight excluding hydrogens is 479 g/mol. The van der Waals surface area contributed by atoms with Crippen LogP contribution in [0.1, 0.15) is 42.5 Å². The average molecular weight is 509 g/mol. The van der Waals surface area contributed by atoms with Gasteiger partial charge in [0.25, 0.3) is 0 Å². The van der Waals surface area contributed by atoms with Gasteiger partial charge in [0.15, 0.2) is 0 Å². The van der Waals surface area contributed by atoms with Crippen molar-refractivity contribution in [2.24, 2.45) is 0 Å². The summed E-state index contributed by atoms with van der Waals surface area (Å²) in [5.74, 6) is -0.272. The molecule has 0 bridgehead atoms. The largest absolute Gasteiger partial charge is 0.334 e. The van der Waals surface area contributed by atoms with Crippen LogP contribution in [0.25, 0.3) is 11.3 Å². The first kappa shape index (κ1) is 24.4. The minimum absolute atomic E-state index is 0.167. The lowest BCUT2D eigenvalue weighted by Crippen LogP contribution is -2.41. The molecule has 3 aromatic rings. The number of nitrogens with one attached hydrogen (secondary N) is 2. The monoisotopic (exact) mass is 508 g/mol. The number of fused-ring (bicyclic) bond motifs is 2. The van der Waals surface area contributed by atoms with Crippen LogP contribution in [0, 0.1) is 12.7 Å². The number of benzene rings is 2. The number of carbonyl (C=O) groups excluding carboxylic acids is 1. The van der Waals surface area contributed by atoms with E-state index in [1.807, 2.05) is 19.1 Å². The summed E-state index contributed by atoms with van der Waals surface area (Å²) in [7, 11) is -2.14. The number of sulfonamides is 1. The van der Waals surface area contributed by atoms with Gasteiger partial charge in [-0.25, -0.2) is 27.3 Å². The van der Waals surface area contributed by atoms with Crippen molar-refractivity contribution in [2.45, 2.75) is 49.5 Å². The molecule has 1 aliphatic carbocycles. The topological polar surface area (TPSA) is 91.4 Å². The molecule has 2 N–H and O–H groups in total. The van der Waals surface area contributed by atoms with Gasteiger partial charge in [-0.1, -0.05) is 25.0 Å². The molecule has 36 heavy (non-hydrogen) atoms. The highest BCUT2D eigenvalue weighted by Crippen LogP contribution is 2.50. The Morgan fingerprint density at radius 2 is 1.81 bits per heavy atom. The van der Waals surface area contributed by atoms with Crippen LogP contribution >= 0.6 is 0 Å². The van der Waals surface area contributed by atoms with Crippen molar-refractivity contribution >= 4 is 21.7 Å². The standard InChI is InChI=1S/C27H29FN4O3S/c1-18-15-20(28)7-10-22(18)23-11-12-24-25(31-23)27(13-3-4-14-27)17-32(24)26(33)30-16-19-5-8-21(9-6-19)36(34,35)29-2/h5-12,15,29H,3-4,13-14,16-17H2,1-2H3,(H,30,33). The van der Waals surface area contributed by atoms with Crippen LogP contribution in [-0.4, -0.2) is 33.0 Å². The van der Waals surface area contributed by atoms with E-state index >= 15 is 0 Å². The number of anilines is 1. The highest BCUT2D eigenvalue weighted by Gasteiger charge is 2.47. The van der Waals surface area contributed by atoms with Gasteiger partial charge >= 0.3 is 6.03 Å². The van der Waals surface area contributed by atoms with Gasteiger partial charge < -0.3 is 5.32 Å². The van der Waals surface area contributed by atoms with Crippen molar-refractivity contribution in [1.29, 1.82) is 0 Å². The van der Waals surface area contributed by atoms with E-state index in [-0.39, 0.29) is 28.7 Å². The third kappa shape index (κ3) is 4.37. The van der Waals surface area contributed by atoms with E-state index in [0.717, 1.165) is 59.4 Å². The maximum absolute atomic E-state index is 13.6. The minimum Gasteiger partial charge on any atom is -0.334 e. The molecule has 1 saturated carbocycles. The molecule has 0 radical (unpaired) electrons. The molecule has 1 aromatic heterocycles. The summed E-state index contributed by atoms with van der Waals surface area (Å²) in [6, 6.07) is 14.8. The summed E-state index contributed by atoms with van der Waals surface area (Å²) in [5.41, 5.74) is 4.89. The van der Waals surface area contributed by atoms with Crippen molar-refractivity contribution in [1.82, 2.24) is 15.0 Å². The Morgan fingerprint density at radius 3 is 2.47 bits per heavy atom. The average Bonchev–Trinajstić information content (AvgIpc) is 3.48. The van der Waals surface area contributed by atoms with E-state index in [2.05, 4.69) is 10.0 Å². The Bertz CT molecular complexity index is 1420. The summed E-state index contributed by atoms with van der Waals surface area (Å²) in [6.45, 7) is 2.73. The summed E-state index contributed by atoms with van der Waals surface area (Å²) in [6.07, 6.45) is 4.14. The van der Waals surface area contributed by atoms with Gasteiger partial charge in [0.05, 0.1) is 22.0 Å². The van der Waals surface area contributed by atoms with E-state index in [1.165, 1.54) is 31.3 Å². The van der Waals surface area contributed by atoms with Crippen LogP contribution in [0.2, 0.25) is 0 Å². The Kier molecular flexibility index (Phi) is 6.30. The molecular formula is C27H29FN4O3S. The highest BCUT2D eigenvalue weighted by atomic mass is 32.2. The maximum atomic E-state index is 13.6. The van der Waals surface area contributed by atoms with Crippen molar-refractivity contribution in [2.75, 3.05) is 18.5 Å². The van der Waals surface area contributed by atoms with E-state index in [0.29, 0.717) is 6.54 Å². The number of carbonyl (C=O) groups is 1. The molecule has 188 valence electrons. The number of urea groups is 1. The van der Waals surface area contributed by atoms with Crippen LogP contribution in [0.4, 0.5) is 14.9 Å². The van der Waals surface area contributed by atoms with Gasteiger partial charge in [0.1, 0.15) is 5.82 Å². The fraction of sp³-hybridized carbons (Fsp3) is 0.333. The predicted octanol–water partition coefficient (Wildman–Crippen LogP) is 4.65. The fourth-order valence-corrected chi connectivity index (χ4v) is 6.12. The zero-order valence-electron chi connectivity index (χ0n) is 20.3.